The van der Waals surface area contributed by atoms with E-state index in [0.29, 0.717) is 25.1 Å². The minimum atomic E-state index is -2.60. The third-order valence-electron chi connectivity index (χ3n) is 4.38. The highest BCUT2D eigenvalue weighted by atomic mass is 19.3. The van der Waals surface area contributed by atoms with Crippen molar-refractivity contribution in [2.45, 2.75) is 31.9 Å². The van der Waals surface area contributed by atoms with E-state index in [0.717, 1.165) is 18.5 Å². The van der Waals surface area contributed by atoms with Gasteiger partial charge in [-0.2, -0.15) is 0 Å². The molecule has 0 spiro atoms. The summed E-state index contributed by atoms with van der Waals surface area (Å²) >= 11 is 0. The normalized spacial score (nSPS) is 21.6. The summed E-state index contributed by atoms with van der Waals surface area (Å²) in [5.41, 5.74) is 1.32. The van der Waals surface area contributed by atoms with Crippen LogP contribution in [0.25, 0.3) is 0 Å². The number of nitrogens with zero attached hydrogens (tertiary/aromatic N) is 2. The second kappa shape index (κ2) is 7.25. The fourth-order valence-electron chi connectivity index (χ4n) is 3.09. The van der Waals surface area contributed by atoms with E-state index in [2.05, 4.69) is 0 Å². The molecule has 2 fully saturated rings. The Balaban J connectivity index is 1.68. The lowest BCUT2D eigenvalue weighted by Crippen LogP contribution is -2.48. The molecule has 2 aliphatic heterocycles. The number of likely N-dealkylation sites (tertiary alicyclic amines) is 1. The molecule has 1 unspecified atom stereocenters. The molecule has 0 radical (unpaired) electrons. The van der Waals surface area contributed by atoms with Gasteiger partial charge in [0.2, 0.25) is 5.91 Å². The van der Waals surface area contributed by atoms with E-state index in [-0.39, 0.29) is 25.0 Å². The molecule has 0 N–H and O–H groups in total. The second-order valence-electron chi connectivity index (χ2n) is 6.11. The van der Waals surface area contributed by atoms with Gasteiger partial charge < -0.3 is 14.5 Å². The molecular formula is C17H20F2N2O3. The van der Waals surface area contributed by atoms with Gasteiger partial charge in [-0.05, 0) is 24.1 Å². The number of carbonyl (C=O) groups is 2. The first-order valence-corrected chi connectivity index (χ1v) is 8.10. The van der Waals surface area contributed by atoms with E-state index in [1.807, 2.05) is 6.07 Å². The molecule has 3 rings (SSSR count). The first-order chi connectivity index (χ1) is 11.5. The van der Waals surface area contributed by atoms with Crippen molar-refractivity contribution in [2.24, 2.45) is 0 Å². The van der Waals surface area contributed by atoms with Gasteiger partial charge >= 0.3 is 0 Å². The van der Waals surface area contributed by atoms with Crippen molar-refractivity contribution in [1.82, 2.24) is 9.80 Å². The van der Waals surface area contributed by atoms with Crippen LogP contribution in [0.4, 0.5) is 8.78 Å². The van der Waals surface area contributed by atoms with Gasteiger partial charge in [0.25, 0.3) is 12.3 Å². The summed E-state index contributed by atoms with van der Waals surface area (Å²) < 4.78 is 30.6. The van der Waals surface area contributed by atoms with Crippen LogP contribution in [0.1, 0.15) is 28.8 Å². The van der Waals surface area contributed by atoms with Gasteiger partial charge in [0.05, 0.1) is 13.2 Å². The Kier molecular flexibility index (Phi) is 5.08. The molecular weight excluding hydrogens is 318 g/mol. The maximum absolute atomic E-state index is 12.8. The van der Waals surface area contributed by atoms with Crippen molar-refractivity contribution >= 4 is 11.8 Å². The quantitative estimate of drug-likeness (QED) is 0.843. The van der Waals surface area contributed by atoms with Crippen LogP contribution in [-0.4, -0.2) is 60.4 Å². The molecule has 2 heterocycles. The van der Waals surface area contributed by atoms with Gasteiger partial charge in [-0.1, -0.05) is 12.1 Å². The molecule has 1 aromatic rings. The Morgan fingerprint density at radius 3 is 2.88 bits per heavy atom. The molecule has 130 valence electrons. The number of alkyl halides is 2. The molecule has 7 heteroatoms. The predicted octanol–water partition coefficient (Wildman–Crippen LogP) is 1.92. The van der Waals surface area contributed by atoms with Crippen molar-refractivity contribution < 1.29 is 23.1 Å². The van der Waals surface area contributed by atoms with Crippen LogP contribution in [-0.2, 0) is 16.1 Å². The minimum Gasteiger partial charge on any atom is -0.369 e. The lowest BCUT2D eigenvalue weighted by molar-refractivity contribution is -0.128. The smallest absolute Gasteiger partial charge is 0.266 e. The average Bonchev–Trinajstić information content (AvgIpc) is 2.99. The number of benzene rings is 1. The van der Waals surface area contributed by atoms with Crippen molar-refractivity contribution in [3.05, 3.63) is 35.4 Å². The maximum atomic E-state index is 12.8. The lowest BCUT2D eigenvalue weighted by atomic mass is 10.1. The number of hydrogen-bond donors (Lipinski definition) is 0. The van der Waals surface area contributed by atoms with Gasteiger partial charge in [-0.25, -0.2) is 8.78 Å². The van der Waals surface area contributed by atoms with Gasteiger partial charge in [0, 0.05) is 31.6 Å². The number of halogens is 2. The number of rotatable bonds is 4. The topological polar surface area (TPSA) is 49.9 Å². The van der Waals surface area contributed by atoms with Gasteiger partial charge in [-0.3, -0.25) is 9.59 Å². The zero-order chi connectivity index (χ0) is 17.1. The van der Waals surface area contributed by atoms with E-state index >= 15 is 0 Å². The number of carbonyl (C=O) groups excluding carboxylic acids is 2. The van der Waals surface area contributed by atoms with E-state index in [9.17, 15) is 18.4 Å². The molecule has 2 amide bonds. The molecule has 1 aromatic carbocycles. The van der Waals surface area contributed by atoms with Crippen LogP contribution in [0, 0.1) is 0 Å². The van der Waals surface area contributed by atoms with Crippen LogP contribution >= 0.6 is 0 Å². The molecule has 2 aliphatic rings. The molecule has 5 nitrogen and oxygen atoms in total. The highest BCUT2D eigenvalue weighted by Crippen LogP contribution is 2.18. The molecule has 1 atom stereocenters. The Labute approximate surface area is 139 Å². The third-order valence-corrected chi connectivity index (χ3v) is 4.38. The Morgan fingerprint density at radius 2 is 2.17 bits per heavy atom. The lowest BCUT2D eigenvalue weighted by Gasteiger charge is -2.32. The highest BCUT2D eigenvalue weighted by Gasteiger charge is 2.31. The molecule has 2 saturated heterocycles. The summed E-state index contributed by atoms with van der Waals surface area (Å²) in [5.74, 6) is -0.154. The fourth-order valence-corrected chi connectivity index (χ4v) is 3.09. The molecule has 0 bridgehead atoms. The zero-order valence-electron chi connectivity index (χ0n) is 13.3. The Hall–Kier alpha value is -2.02. The SMILES string of the molecule is O=C1CCCN1Cc1cccc(C(=O)N2CCOC(C(F)F)C2)c1. The maximum Gasteiger partial charge on any atom is 0.266 e. The van der Waals surface area contributed by atoms with E-state index in [4.69, 9.17) is 4.74 Å². The second-order valence-corrected chi connectivity index (χ2v) is 6.11. The summed E-state index contributed by atoms with van der Waals surface area (Å²) in [7, 11) is 0. The van der Waals surface area contributed by atoms with Crippen LogP contribution in [0.3, 0.4) is 0 Å². The summed E-state index contributed by atoms with van der Waals surface area (Å²) in [4.78, 5) is 27.4. The van der Waals surface area contributed by atoms with Crippen molar-refractivity contribution in [2.75, 3.05) is 26.2 Å². The third kappa shape index (κ3) is 3.72. The van der Waals surface area contributed by atoms with Crippen LogP contribution in [0.5, 0.6) is 0 Å². The first kappa shape index (κ1) is 16.8. The van der Waals surface area contributed by atoms with E-state index in [1.165, 1.54) is 4.90 Å². The zero-order valence-corrected chi connectivity index (χ0v) is 13.3. The Morgan fingerprint density at radius 1 is 1.33 bits per heavy atom. The summed E-state index contributed by atoms with van der Waals surface area (Å²) in [6, 6.07) is 7.03. The summed E-state index contributed by atoms with van der Waals surface area (Å²) in [6.07, 6.45) is -2.40. The van der Waals surface area contributed by atoms with Crippen molar-refractivity contribution in [3.8, 4) is 0 Å². The highest BCUT2D eigenvalue weighted by molar-refractivity contribution is 5.94. The summed E-state index contributed by atoms with van der Waals surface area (Å²) in [6.45, 7) is 1.52. The number of amides is 2. The van der Waals surface area contributed by atoms with Crippen LogP contribution < -0.4 is 0 Å². The fraction of sp³-hybridized carbons (Fsp3) is 0.529. The molecule has 0 aliphatic carbocycles. The van der Waals surface area contributed by atoms with Crippen molar-refractivity contribution in [3.63, 3.8) is 0 Å². The van der Waals surface area contributed by atoms with Gasteiger partial charge in [-0.15, -0.1) is 0 Å². The van der Waals surface area contributed by atoms with Crippen molar-refractivity contribution in [1.29, 1.82) is 0 Å². The minimum absolute atomic E-state index is 0.106. The largest absolute Gasteiger partial charge is 0.369 e. The molecule has 24 heavy (non-hydrogen) atoms. The number of hydrogen-bond acceptors (Lipinski definition) is 3. The summed E-state index contributed by atoms with van der Waals surface area (Å²) in [5, 5.41) is 0. The molecule has 0 saturated carbocycles. The predicted molar refractivity (Wildman–Crippen MR) is 82.7 cm³/mol. The first-order valence-electron chi connectivity index (χ1n) is 8.10. The number of morpholine rings is 1. The van der Waals surface area contributed by atoms with Crippen LogP contribution in [0.15, 0.2) is 24.3 Å². The monoisotopic (exact) mass is 338 g/mol. The van der Waals surface area contributed by atoms with E-state index < -0.39 is 12.5 Å². The standard InChI is InChI=1S/C17H20F2N2O3/c18-16(19)14-11-21(7-8-24-14)17(23)13-4-1-3-12(9-13)10-20-6-2-5-15(20)22/h1,3-4,9,14,16H,2,5-8,10-11H2. The number of ether oxygens (including phenoxy) is 1. The molecule has 0 aromatic heterocycles. The van der Waals surface area contributed by atoms with Crippen LogP contribution in [0.2, 0.25) is 0 Å². The van der Waals surface area contributed by atoms with E-state index in [1.54, 1.807) is 23.1 Å². The Bertz CT molecular complexity index is 624. The average molecular weight is 338 g/mol. The van der Waals surface area contributed by atoms with Gasteiger partial charge in [0.1, 0.15) is 6.10 Å². The van der Waals surface area contributed by atoms with Gasteiger partial charge in [0.15, 0.2) is 0 Å².